The molecule has 0 amide bonds. The lowest BCUT2D eigenvalue weighted by Crippen LogP contribution is -2.11. The van der Waals surface area contributed by atoms with Crippen molar-refractivity contribution in [3.63, 3.8) is 0 Å². The minimum atomic E-state index is -0.558. The van der Waals surface area contributed by atoms with Gasteiger partial charge < -0.3 is 4.74 Å². The highest BCUT2D eigenvalue weighted by molar-refractivity contribution is 14.1. The summed E-state index contributed by atoms with van der Waals surface area (Å²) >= 11 is 7.16. The van der Waals surface area contributed by atoms with E-state index in [1.807, 2.05) is 53.9 Å². The number of aromatic nitrogens is 1. The van der Waals surface area contributed by atoms with E-state index in [2.05, 4.69) is 50.2 Å². The summed E-state index contributed by atoms with van der Waals surface area (Å²) in [4.78, 5) is 17.6. The molecule has 2 heterocycles. The third kappa shape index (κ3) is 4.75. The second-order valence-corrected chi connectivity index (χ2v) is 10.6. The Balaban J connectivity index is 1.55. The Labute approximate surface area is 204 Å². The van der Waals surface area contributed by atoms with Crippen LogP contribution in [0.3, 0.4) is 0 Å². The molecule has 1 aromatic heterocycles. The molecule has 1 fully saturated rings. The SMILES string of the molecule is N=C1S/C(=C\c2cc(I)c(OCc3ccccc3)c(I)c2)C(=O)[C@@H]1c1nccs1. The number of allylic oxidation sites excluding steroid dienone is 1. The van der Waals surface area contributed by atoms with Crippen molar-refractivity contribution in [3.05, 3.63) is 82.2 Å². The van der Waals surface area contributed by atoms with E-state index >= 15 is 0 Å². The number of benzene rings is 2. The van der Waals surface area contributed by atoms with Crippen molar-refractivity contribution in [1.82, 2.24) is 4.98 Å². The van der Waals surface area contributed by atoms with E-state index in [4.69, 9.17) is 10.1 Å². The predicted molar refractivity (Wildman–Crippen MR) is 136 cm³/mol. The number of nitrogens with zero attached hydrogens (tertiary/aromatic N) is 1. The number of nitrogens with one attached hydrogen (secondary N) is 1. The standard InChI is InChI=1S/C21H14I2N2O2S2/c22-14-8-13(9-15(23)19(14)27-11-12-4-2-1-3-5-12)10-16-18(26)17(20(24)29-16)21-25-6-7-28-21/h1-10,17,24H,11H2/b16-10-,24-20?/t17-/m0/s1. The Hall–Kier alpha value is -1.24. The summed E-state index contributed by atoms with van der Waals surface area (Å²) in [5.41, 5.74) is 2.04. The maximum Gasteiger partial charge on any atom is 0.186 e. The molecule has 0 unspecified atom stereocenters. The first-order chi connectivity index (χ1) is 14.0. The van der Waals surface area contributed by atoms with Gasteiger partial charge >= 0.3 is 0 Å². The van der Waals surface area contributed by atoms with Crippen LogP contribution in [0, 0.1) is 12.5 Å². The summed E-state index contributed by atoms with van der Waals surface area (Å²) in [5, 5.41) is 11.1. The highest BCUT2D eigenvalue weighted by Crippen LogP contribution is 2.41. The Kier molecular flexibility index (Phi) is 6.72. The van der Waals surface area contributed by atoms with Crippen LogP contribution in [0.4, 0.5) is 0 Å². The second kappa shape index (κ2) is 9.27. The van der Waals surface area contributed by atoms with Crippen LogP contribution < -0.4 is 4.74 Å². The van der Waals surface area contributed by atoms with E-state index in [1.54, 1.807) is 6.20 Å². The van der Waals surface area contributed by atoms with Gasteiger partial charge in [0.1, 0.15) is 23.3 Å². The molecule has 1 saturated heterocycles. The molecule has 0 radical (unpaired) electrons. The van der Waals surface area contributed by atoms with Crippen LogP contribution >= 0.6 is 68.3 Å². The molecule has 146 valence electrons. The predicted octanol–water partition coefficient (Wildman–Crippen LogP) is 6.35. The minimum absolute atomic E-state index is 0.0515. The zero-order valence-electron chi connectivity index (χ0n) is 14.9. The fourth-order valence-corrected chi connectivity index (χ4v) is 6.81. The van der Waals surface area contributed by atoms with E-state index in [-0.39, 0.29) is 5.78 Å². The fourth-order valence-electron chi connectivity index (χ4n) is 2.87. The number of Topliss-reactive ketones (excluding diaryl/α,β-unsaturated/α-hetero) is 1. The first-order valence-corrected chi connectivity index (χ1v) is 12.5. The van der Waals surface area contributed by atoms with Crippen LogP contribution in [0.15, 0.2) is 58.9 Å². The molecule has 8 heteroatoms. The van der Waals surface area contributed by atoms with Gasteiger partial charge in [-0.25, -0.2) is 4.98 Å². The lowest BCUT2D eigenvalue weighted by Gasteiger charge is -2.12. The number of thiazole rings is 1. The van der Waals surface area contributed by atoms with Gasteiger partial charge in [-0.1, -0.05) is 42.1 Å². The van der Waals surface area contributed by atoms with Gasteiger partial charge in [0.25, 0.3) is 0 Å². The summed E-state index contributed by atoms with van der Waals surface area (Å²) in [7, 11) is 0. The van der Waals surface area contributed by atoms with Crippen molar-refractivity contribution in [2.24, 2.45) is 0 Å². The molecule has 2 aromatic carbocycles. The summed E-state index contributed by atoms with van der Waals surface area (Å²) in [6.45, 7) is 0.508. The Morgan fingerprint density at radius 3 is 2.55 bits per heavy atom. The van der Waals surface area contributed by atoms with Gasteiger partial charge in [0.05, 0.1) is 17.1 Å². The lowest BCUT2D eigenvalue weighted by molar-refractivity contribution is -0.114. The third-order valence-corrected chi connectivity index (χ3v) is 7.67. The third-order valence-electron chi connectivity index (χ3n) is 4.23. The maximum absolute atomic E-state index is 12.8. The highest BCUT2D eigenvalue weighted by atomic mass is 127. The normalized spacial score (nSPS) is 17.9. The van der Waals surface area contributed by atoms with Crippen LogP contribution in [-0.4, -0.2) is 15.8 Å². The van der Waals surface area contributed by atoms with Crippen LogP contribution in [0.1, 0.15) is 22.1 Å². The van der Waals surface area contributed by atoms with E-state index in [0.29, 0.717) is 21.6 Å². The molecule has 29 heavy (non-hydrogen) atoms. The van der Waals surface area contributed by atoms with Gasteiger partial charge in [0, 0.05) is 11.6 Å². The smallest absolute Gasteiger partial charge is 0.186 e. The molecular weight excluding hydrogens is 630 g/mol. The summed E-state index contributed by atoms with van der Waals surface area (Å²) < 4.78 is 8.00. The largest absolute Gasteiger partial charge is 0.487 e. The van der Waals surface area contributed by atoms with Crippen molar-refractivity contribution in [2.75, 3.05) is 0 Å². The number of rotatable bonds is 5. The molecular formula is C21H14I2N2O2S2. The maximum atomic E-state index is 12.8. The van der Waals surface area contributed by atoms with Crippen molar-refractivity contribution in [1.29, 1.82) is 5.41 Å². The van der Waals surface area contributed by atoms with E-state index in [9.17, 15) is 4.79 Å². The van der Waals surface area contributed by atoms with Gasteiger partial charge in [-0.2, -0.15) is 0 Å². The first-order valence-electron chi connectivity index (χ1n) is 8.60. The zero-order chi connectivity index (χ0) is 20.4. The van der Waals surface area contributed by atoms with Crippen LogP contribution in [0.25, 0.3) is 6.08 Å². The molecule has 0 aliphatic carbocycles. The van der Waals surface area contributed by atoms with E-state index < -0.39 is 5.92 Å². The number of halogens is 2. The number of ketones is 1. The monoisotopic (exact) mass is 644 g/mol. The minimum Gasteiger partial charge on any atom is -0.487 e. The lowest BCUT2D eigenvalue weighted by atomic mass is 10.1. The van der Waals surface area contributed by atoms with Gasteiger partial charge in [-0.15, -0.1) is 11.3 Å². The molecule has 1 aliphatic rings. The summed E-state index contributed by atoms with van der Waals surface area (Å²) in [6.07, 6.45) is 3.53. The Bertz CT molecular complexity index is 1080. The number of carbonyl (C=O) groups is 1. The number of carbonyl (C=O) groups excluding carboxylic acids is 1. The zero-order valence-corrected chi connectivity index (χ0v) is 20.8. The van der Waals surface area contributed by atoms with Crippen molar-refractivity contribution in [2.45, 2.75) is 12.5 Å². The topological polar surface area (TPSA) is 63.0 Å². The number of ether oxygens (including phenoxy) is 1. The van der Waals surface area contributed by atoms with Crippen molar-refractivity contribution >= 4 is 85.2 Å². The molecule has 0 bridgehead atoms. The Morgan fingerprint density at radius 1 is 1.17 bits per heavy atom. The highest BCUT2D eigenvalue weighted by Gasteiger charge is 2.38. The number of hydrogen-bond acceptors (Lipinski definition) is 6. The van der Waals surface area contributed by atoms with Crippen LogP contribution in [-0.2, 0) is 11.4 Å². The van der Waals surface area contributed by atoms with Gasteiger partial charge in [0.15, 0.2) is 5.78 Å². The molecule has 1 N–H and O–H groups in total. The van der Waals surface area contributed by atoms with Gasteiger partial charge in [-0.3, -0.25) is 10.2 Å². The molecule has 0 saturated carbocycles. The number of hydrogen-bond donors (Lipinski definition) is 1. The molecule has 4 rings (SSSR count). The molecule has 1 atom stereocenters. The number of thioether (sulfide) groups is 1. The molecule has 0 spiro atoms. The van der Waals surface area contributed by atoms with Gasteiger partial charge in [-0.05, 0) is 74.5 Å². The van der Waals surface area contributed by atoms with E-state index in [1.165, 1.54) is 23.1 Å². The average Bonchev–Trinajstić information content (AvgIpc) is 3.30. The Morgan fingerprint density at radius 2 is 1.90 bits per heavy atom. The van der Waals surface area contributed by atoms with Crippen molar-refractivity contribution in [3.8, 4) is 5.75 Å². The summed E-state index contributed by atoms with van der Waals surface area (Å²) in [6, 6.07) is 14.1. The quantitative estimate of drug-likeness (QED) is 0.260. The van der Waals surface area contributed by atoms with E-state index in [0.717, 1.165) is 24.0 Å². The second-order valence-electron chi connectivity index (χ2n) is 6.23. The first kappa shape index (κ1) is 21.0. The van der Waals surface area contributed by atoms with Crippen molar-refractivity contribution < 1.29 is 9.53 Å². The van der Waals surface area contributed by atoms with Crippen LogP contribution in [0.5, 0.6) is 5.75 Å². The van der Waals surface area contributed by atoms with Crippen LogP contribution in [0.2, 0.25) is 0 Å². The summed E-state index contributed by atoms with van der Waals surface area (Å²) in [5.74, 6) is 0.234. The van der Waals surface area contributed by atoms with Gasteiger partial charge in [0.2, 0.25) is 0 Å². The average molecular weight is 644 g/mol. The molecule has 4 nitrogen and oxygen atoms in total. The molecule has 3 aromatic rings. The molecule has 1 aliphatic heterocycles. The fraction of sp³-hybridized carbons (Fsp3) is 0.0952.